The number of thiophene rings is 1. The van der Waals surface area contributed by atoms with Gasteiger partial charge in [-0.3, -0.25) is 0 Å². The summed E-state index contributed by atoms with van der Waals surface area (Å²) in [4.78, 5) is 23.9. The SMILES string of the molecule is CCOC(=O)c1c(N(C)Cc2cccs2)oc(C=C2C=Nc3ncccc32)c1O. The van der Waals surface area contributed by atoms with Crippen molar-refractivity contribution in [2.75, 3.05) is 18.6 Å². The fourth-order valence-electron chi connectivity index (χ4n) is 3.07. The lowest BCUT2D eigenvalue weighted by Gasteiger charge is -2.16. The summed E-state index contributed by atoms with van der Waals surface area (Å²) >= 11 is 1.60. The van der Waals surface area contributed by atoms with Gasteiger partial charge in [-0.2, -0.15) is 0 Å². The number of carbonyl (C=O) groups is 1. The number of aromatic nitrogens is 1. The zero-order valence-electron chi connectivity index (χ0n) is 16.0. The lowest BCUT2D eigenvalue weighted by Crippen LogP contribution is -2.18. The second kappa shape index (κ2) is 7.92. The van der Waals surface area contributed by atoms with Crippen molar-refractivity contribution >= 4 is 46.9 Å². The Balaban J connectivity index is 1.75. The van der Waals surface area contributed by atoms with Crippen LogP contribution in [0.2, 0.25) is 0 Å². The molecular formula is C21H19N3O4S. The van der Waals surface area contributed by atoms with Crippen LogP contribution in [-0.4, -0.2) is 35.9 Å². The van der Waals surface area contributed by atoms with E-state index in [0.29, 0.717) is 12.4 Å². The smallest absolute Gasteiger partial charge is 0.347 e. The van der Waals surface area contributed by atoms with Gasteiger partial charge < -0.3 is 19.2 Å². The first kappa shape index (κ1) is 18.9. The Morgan fingerprint density at radius 2 is 2.24 bits per heavy atom. The molecule has 8 heteroatoms. The predicted molar refractivity (Wildman–Crippen MR) is 113 cm³/mol. The van der Waals surface area contributed by atoms with E-state index < -0.39 is 5.97 Å². The number of allylic oxidation sites excluding steroid dienone is 1. The number of ether oxygens (including phenoxy) is 1. The minimum atomic E-state index is -0.631. The van der Waals surface area contributed by atoms with Crippen molar-refractivity contribution in [1.29, 1.82) is 0 Å². The molecule has 0 bridgehead atoms. The Morgan fingerprint density at radius 1 is 1.38 bits per heavy atom. The summed E-state index contributed by atoms with van der Waals surface area (Å²) in [5.41, 5.74) is 1.58. The van der Waals surface area contributed by atoms with E-state index in [-0.39, 0.29) is 29.6 Å². The van der Waals surface area contributed by atoms with Gasteiger partial charge in [0.25, 0.3) is 0 Å². The van der Waals surface area contributed by atoms with Crippen LogP contribution in [-0.2, 0) is 11.3 Å². The van der Waals surface area contributed by atoms with Crippen molar-refractivity contribution in [3.63, 3.8) is 0 Å². The number of pyridine rings is 1. The minimum absolute atomic E-state index is 0.0131. The highest BCUT2D eigenvalue weighted by atomic mass is 32.1. The zero-order valence-corrected chi connectivity index (χ0v) is 16.8. The van der Waals surface area contributed by atoms with Crippen LogP contribution < -0.4 is 4.90 Å². The van der Waals surface area contributed by atoms with Crippen LogP contribution in [0.15, 0.2) is 45.3 Å². The molecular weight excluding hydrogens is 390 g/mol. The molecule has 0 radical (unpaired) electrons. The molecule has 0 spiro atoms. The van der Waals surface area contributed by atoms with E-state index >= 15 is 0 Å². The number of esters is 1. The maximum Gasteiger partial charge on any atom is 0.347 e. The van der Waals surface area contributed by atoms with E-state index in [9.17, 15) is 9.90 Å². The van der Waals surface area contributed by atoms with Gasteiger partial charge in [0.1, 0.15) is 0 Å². The highest BCUT2D eigenvalue weighted by Gasteiger charge is 2.29. The first-order chi connectivity index (χ1) is 14.1. The molecule has 0 fully saturated rings. The van der Waals surface area contributed by atoms with E-state index in [1.54, 1.807) is 48.7 Å². The summed E-state index contributed by atoms with van der Waals surface area (Å²) in [7, 11) is 1.80. The van der Waals surface area contributed by atoms with Crippen molar-refractivity contribution in [1.82, 2.24) is 4.98 Å². The summed E-state index contributed by atoms with van der Waals surface area (Å²) in [5, 5.41) is 12.7. The van der Waals surface area contributed by atoms with Crippen LogP contribution >= 0.6 is 11.3 Å². The third-order valence-corrected chi connectivity index (χ3v) is 5.26. The van der Waals surface area contributed by atoms with Crippen molar-refractivity contribution in [2.45, 2.75) is 13.5 Å². The molecule has 0 aliphatic carbocycles. The molecule has 1 aliphatic rings. The van der Waals surface area contributed by atoms with Gasteiger partial charge in [-0.25, -0.2) is 14.8 Å². The molecule has 0 unspecified atom stereocenters. The predicted octanol–water partition coefficient (Wildman–Crippen LogP) is 4.51. The van der Waals surface area contributed by atoms with Gasteiger partial charge in [0.05, 0.1) is 13.2 Å². The van der Waals surface area contributed by atoms with Gasteiger partial charge in [0.2, 0.25) is 5.88 Å². The fourth-order valence-corrected chi connectivity index (χ4v) is 3.83. The van der Waals surface area contributed by atoms with Crippen LogP contribution in [0.5, 0.6) is 5.75 Å². The number of hydrogen-bond donors (Lipinski definition) is 1. The number of anilines is 1. The van der Waals surface area contributed by atoms with Gasteiger partial charge in [0, 0.05) is 35.5 Å². The first-order valence-electron chi connectivity index (χ1n) is 9.06. The highest BCUT2D eigenvalue weighted by molar-refractivity contribution is 7.09. The quantitative estimate of drug-likeness (QED) is 0.603. The van der Waals surface area contributed by atoms with E-state index in [1.807, 2.05) is 29.6 Å². The second-order valence-corrected chi connectivity index (χ2v) is 7.42. The summed E-state index contributed by atoms with van der Waals surface area (Å²) in [6.07, 6.45) is 4.97. The Hall–Kier alpha value is -3.39. The lowest BCUT2D eigenvalue weighted by molar-refractivity contribution is 0.0523. The van der Waals surface area contributed by atoms with Crippen molar-refractivity contribution in [3.8, 4) is 5.75 Å². The van der Waals surface area contributed by atoms with Gasteiger partial charge in [-0.1, -0.05) is 6.07 Å². The molecule has 29 heavy (non-hydrogen) atoms. The van der Waals surface area contributed by atoms with Gasteiger partial charge >= 0.3 is 5.97 Å². The second-order valence-electron chi connectivity index (χ2n) is 6.38. The molecule has 0 aromatic carbocycles. The zero-order chi connectivity index (χ0) is 20.4. The Bertz CT molecular complexity index is 1100. The van der Waals surface area contributed by atoms with E-state index in [2.05, 4.69) is 9.98 Å². The molecule has 0 atom stereocenters. The Labute approximate surface area is 171 Å². The topological polar surface area (TPSA) is 88.2 Å². The number of hydrogen-bond acceptors (Lipinski definition) is 8. The summed E-state index contributed by atoms with van der Waals surface area (Å²) in [5.74, 6) is 0.135. The van der Waals surface area contributed by atoms with Crippen LogP contribution in [0.3, 0.4) is 0 Å². The van der Waals surface area contributed by atoms with Crippen LogP contribution in [0.25, 0.3) is 11.6 Å². The molecule has 0 saturated carbocycles. The molecule has 7 nitrogen and oxygen atoms in total. The van der Waals surface area contributed by atoms with Gasteiger partial charge in [-0.15, -0.1) is 11.3 Å². The average molecular weight is 409 g/mol. The molecule has 3 aromatic rings. The average Bonchev–Trinajstić information content (AvgIpc) is 3.43. The number of aliphatic imine (C=N–C) groups is 1. The third kappa shape index (κ3) is 3.66. The molecule has 148 valence electrons. The monoisotopic (exact) mass is 409 g/mol. The normalized spacial score (nSPS) is 13.7. The molecule has 3 aromatic heterocycles. The van der Waals surface area contributed by atoms with E-state index in [1.165, 1.54) is 0 Å². The number of furan rings is 1. The molecule has 1 N–H and O–H groups in total. The molecule has 0 amide bonds. The Morgan fingerprint density at radius 3 is 3.00 bits per heavy atom. The van der Waals surface area contributed by atoms with Gasteiger partial charge in [0.15, 0.2) is 22.9 Å². The molecule has 4 rings (SSSR count). The number of fused-ring (bicyclic) bond motifs is 1. The van der Waals surface area contributed by atoms with Crippen LogP contribution in [0, 0.1) is 0 Å². The van der Waals surface area contributed by atoms with Gasteiger partial charge in [-0.05, 0) is 36.6 Å². The number of carbonyl (C=O) groups excluding carboxylic acids is 1. The van der Waals surface area contributed by atoms with E-state index in [4.69, 9.17) is 9.15 Å². The number of rotatable bonds is 6. The fraction of sp³-hybridized carbons (Fsp3) is 0.190. The maximum absolute atomic E-state index is 12.5. The first-order valence-corrected chi connectivity index (χ1v) is 9.94. The molecule has 4 heterocycles. The largest absolute Gasteiger partial charge is 0.504 e. The molecule has 0 saturated heterocycles. The highest BCUT2D eigenvalue weighted by Crippen LogP contribution is 2.40. The lowest BCUT2D eigenvalue weighted by atomic mass is 10.1. The summed E-state index contributed by atoms with van der Waals surface area (Å²) in [6.45, 7) is 2.44. The van der Waals surface area contributed by atoms with Crippen molar-refractivity contribution < 1.29 is 19.1 Å². The van der Waals surface area contributed by atoms with Crippen LogP contribution in [0.1, 0.15) is 33.5 Å². The maximum atomic E-state index is 12.5. The van der Waals surface area contributed by atoms with Crippen molar-refractivity contribution in [3.05, 3.63) is 57.6 Å². The number of nitrogens with zero attached hydrogens (tertiary/aromatic N) is 3. The van der Waals surface area contributed by atoms with Crippen LogP contribution in [0.4, 0.5) is 11.7 Å². The van der Waals surface area contributed by atoms with Crippen molar-refractivity contribution in [2.24, 2.45) is 4.99 Å². The summed E-state index contributed by atoms with van der Waals surface area (Å²) in [6, 6.07) is 7.65. The van der Waals surface area contributed by atoms with E-state index in [0.717, 1.165) is 16.0 Å². The Kier molecular flexibility index (Phi) is 5.18. The third-order valence-electron chi connectivity index (χ3n) is 4.40. The summed E-state index contributed by atoms with van der Waals surface area (Å²) < 4.78 is 11.1. The number of aromatic hydroxyl groups is 1. The standard InChI is InChI=1S/C21H19N3O4S/c1-3-27-21(26)17-18(25)16(10-13-11-23-19-15(13)7-4-8-22-19)28-20(17)24(2)12-14-6-5-9-29-14/h4-11,25H,3,12H2,1-2H3. The minimum Gasteiger partial charge on any atom is -0.504 e. The molecule has 1 aliphatic heterocycles.